The van der Waals surface area contributed by atoms with E-state index in [9.17, 15) is 15.3 Å². The Morgan fingerprint density at radius 3 is 2.57 bits per heavy atom. The van der Waals surface area contributed by atoms with Crippen molar-refractivity contribution in [1.29, 1.82) is 0 Å². The average molecular weight is 318 g/mol. The highest BCUT2D eigenvalue weighted by molar-refractivity contribution is 5.48. The van der Waals surface area contributed by atoms with Crippen molar-refractivity contribution in [3.05, 3.63) is 40.5 Å². The molecule has 1 aliphatic rings. The number of rotatable bonds is 5. The van der Waals surface area contributed by atoms with Crippen LogP contribution in [0, 0.1) is 5.92 Å². The summed E-state index contributed by atoms with van der Waals surface area (Å²) < 4.78 is 0. The molecule has 0 fully saturated rings. The number of aromatic hydroxyl groups is 1. The maximum atomic E-state index is 10.4. The van der Waals surface area contributed by atoms with Gasteiger partial charge in [-0.3, -0.25) is 0 Å². The van der Waals surface area contributed by atoms with E-state index in [1.807, 2.05) is 6.07 Å². The summed E-state index contributed by atoms with van der Waals surface area (Å²) in [5, 5.41) is 29.3. The average Bonchev–Trinajstić information content (AvgIpc) is 2.46. The molecule has 1 aromatic rings. The zero-order valence-corrected chi connectivity index (χ0v) is 14.7. The van der Waals surface area contributed by atoms with E-state index in [0.717, 1.165) is 36.8 Å². The molecular weight excluding hydrogens is 288 g/mol. The van der Waals surface area contributed by atoms with Crippen LogP contribution in [0.2, 0.25) is 0 Å². The molecule has 23 heavy (non-hydrogen) atoms. The van der Waals surface area contributed by atoms with Crippen molar-refractivity contribution < 1.29 is 15.3 Å². The molecule has 1 aliphatic carbocycles. The minimum absolute atomic E-state index is 0.208. The molecule has 0 saturated carbocycles. The minimum atomic E-state index is -1.54. The lowest BCUT2D eigenvalue weighted by Crippen LogP contribution is -2.19. The SMILES string of the molecule is CC(C)=CCCC(C)C1CCC(C)c2c(O)cc(C(O)O)cc21. The number of benzene rings is 1. The molecule has 3 nitrogen and oxygen atoms in total. The largest absolute Gasteiger partial charge is 0.508 e. The highest BCUT2D eigenvalue weighted by atomic mass is 16.5. The molecule has 3 heteroatoms. The molecule has 0 spiro atoms. The zero-order valence-electron chi connectivity index (χ0n) is 14.7. The van der Waals surface area contributed by atoms with Crippen LogP contribution in [0.1, 0.15) is 88.2 Å². The zero-order chi connectivity index (χ0) is 17.1. The van der Waals surface area contributed by atoms with Crippen LogP contribution in [0.3, 0.4) is 0 Å². The number of allylic oxidation sites excluding steroid dienone is 2. The van der Waals surface area contributed by atoms with E-state index in [1.165, 1.54) is 11.6 Å². The first kappa shape index (κ1) is 18.0. The number of hydrogen-bond donors (Lipinski definition) is 3. The quantitative estimate of drug-likeness (QED) is 0.543. The first-order chi connectivity index (χ1) is 10.8. The molecular formula is C20H30O3. The van der Waals surface area contributed by atoms with Crippen molar-refractivity contribution in [3.63, 3.8) is 0 Å². The van der Waals surface area contributed by atoms with Crippen LogP contribution in [0.5, 0.6) is 5.75 Å². The maximum Gasteiger partial charge on any atom is 0.178 e. The lowest BCUT2D eigenvalue weighted by atomic mass is 9.71. The first-order valence-corrected chi connectivity index (χ1v) is 8.67. The van der Waals surface area contributed by atoms with Gasteiger partial charge in [-0.2, -0.15) is 0 Å². The van der Waals surface area contributed by atoms with Crippen LogP contribution in [0.4, 0.5) is 0 Å². The second-order valence-corrected chi connectivity index (χ2v) is 7.34. The third-order valence-electron chi connectivity index (χ3n) is 5.18. The summed E-state index contributed by atoms with van der Waals surface area (Å²) in [6.45, 7) is 8.64. The van der Waals surface area contributed by atoms with Gasteiger partial charge >= 0.3 is 0 Å². The van der Waals surface area contributed by atoms with Gasteiger partial charge in [0.1, 0.15) is 5.75 Å². The van der Waals surface area contributed by atoms with Crippen molar-refractivity contribution >= 4 is 0 Å². The number of fused-ring (bicyclic) bond motifs is 1. The third-order valence-corrected chi connectivity index (χ3v) is 5.18. The Morgan fingerprint density at radius 2 is 1.96 bits per heavy atom. The lowest BCUT2D eigenvalue weighted by Gasteiger charge is -2.34. The molecule has 0 bridgehead atoms. The first-order valence-electron chi connectivity index (χ1n) is 8.67. The van der Waals surface area contributed by atoms with Crippen molar-refractivity contribution in [1.82, 2.24) is 0 Å². The van der Waals surface area contributed by atoms with Crippen LogP contribution in [-0.2, 0) is 0 Å². The van der Waals surface area contributed by atoms with Crippen LogP contribution < -0.4 is 0 Å². The van der Waals surface area contributed by atoms with E-state index in [1.54, 1.807) is 0 Å². The normalized spacial score (nSPS) is 21.9. The summed E-state index contributed by atoms with van der Waals surface area (Å²) in [5.74, 6) is 1.40. The molecule has 3 atom stereocenters. The van der Waals surface area contributed by atoms with Gasteiger partial charge in [-0.1, -0.05) is 25.5 Å². The molecule has 2 rings (SSSR count). The van der Waals surface area contributed by atoms with Crippen LogP contribution in [0.25, 0.3) is 0 Å². The monoisotopic (exact) mass is 318 g/mol. The Morgan fingerprint density at radius 1 is 1.26 bits per heavy atom. The summed E-state index contributed by atoms with van der Waals surface area (Å²) in [4.78, 5) is 0. The topological polar surface area (TPSA) is 60.7 Å². The van der Waals surface area contributed by atoms with Gasteiger partial charge in [-0.15, -0.1) is 0 Å². The fourth-order valence-corrected chi connectivity index (χ4v) is 3.83. The number of hydrogen-bond acceptors (Lipinski definition) is 3. The van der Waals surface area contributed by atoms with Crippen LogP contribution >= 0.6 is 0 Å². The van der Waals surface area contributed by atoms with Gasteiger partial charge < -0.3 is 15.3 Å². The van der Waals surface area contributed by atoms with Crippen molar-refractivity contribution in [2.75, 3.05) is 0 Å². The van der Waals surface area contributed by atoms with E-state index >= 15 is 0 Å². The number of aliphatic hydroxyl groups excluding tert-OH is 1. The predicted molar refractivity (Wildman–Crippen MR) is 93.5 cm³/mol. The van der Waals surface area contributed by atoms with Gasteiger partial charge in [-0.25, -0.2) is 0 Å². The molecule has 0 heterocycles. The molecule has 0 aliphatic heterocycles. The van der Waals surface area contributed by atoms with Crippen molar-refractivity contribution in [3.8, 4) is 5.75 Å². The fourth-order valence-electron chi connectivity index (χ4n) is 3.83. The van der Waals surface area contributed by atoms with Gasteiger partial charge in [0, 0.05) is 11.1 Å². The maximum absolute atomic E-state index is 10.4. The molecule has 3 unspecified atom stereocenters. The lowest BCUT2D eigenvalue weighted by molar-refractivity contribution is -0.0427. The molecule has 0 radical (unpaired) electrons. The molecule has 0 aromatic heterocycles. The third kappa shape index (κ3) is 4.15. The van der Waals surface area contributed by atoms with Gasteiger partial charge in [0.15, 0.2) is 6.29 Å². The van der Waals surface area contributed by atoms with Gasteiger partial charge in [0.25, 0.3) is 0 Å². The second kappa shape index (κ2) is 7.50. The summed E-state index contributed by atoms with van der Waals surface area (Å²) in [5.41, 5.74) is 3.84. The predicted octanol–water partition coefficient (Wildman–Crippen LogP) is 4.74. The van der Waals surface area contributed by atoms with Gasteiger partial charge in [0.2, 0.25) is 0 Å². The van der Waals surface area contributed by atoms with Crippen molar-refractivity contribution in [2.45, 2.75) is 71.5 Å². The van der Waals surface area contributed by atoms with Gasteiger partial charge in [0.05, 0.1) is 0 Å². The van der Waals surface area contributed by atoms with Crippen LogP contribution in [-0.4, -0.2) is 15.3 Å². The Hall–Kier alpha value is -1.32. The number of phenols is 1. The van der Waals surface area contributed by atoms with E-state index in [-0.39, 0.29) is 5.75 Å². The highest BCUT2D eigenvalue weighted by Gasteiger charge is 2.31. The molecule has 3 N–H and O–H groups in total. The summed E-state index contributed by atoms with van der Waals surface area (Å²) >= 11 is 0. The van der Waals surface area contributed by atoms with Gasteiger partial charge in [-0.05, 0) is 75.0 Å². The molecule has 0 saturated heterocycles. The minimum Gasteiger partial charge on any atom is -0.508 e. The summed E-state index contributed by atoms with van der Waals surface area (Å²) in [6.07, 6.45) is 5.07. The molecule has 1 aromatic carbocycles. The van der Waals surface area contributed by atoms with Crippen LogP contribution in [0.15, 0.2) is 23.8 Å². The Labute approximate surface area is 139 Å². The Kier molecular flexibility index (Phi) is 5.88. The van der Waals surface area contributed by atoms with E-state index < -0.39 is 6.29 Å². The van der Waals surface area contributed by atoms with E-state index in [0.29, 0.717) is 23.3 Å². The van der Waals surface area contributed by atoms with E-state index in [4.69, 9.17) is 0 Å². The van der Waals surface area contributed by atoms with E-state index in [2.05, 4.69) is 33.8 Å². The Balaban J connectivity index is 2.31. The standard InChI is InChI=1S/C20H30O3/c1-12(2)6-5-7-13(3)16-9-8-14(4)19-17(16)10-15(20(22)23)11-18(19)21/h6,10-11,13-14,16,20-23H,5,7-9H2,1-4H3. The summed E-state index contributed by atoms with van der Waals surface area (Å²) in [7, 11) is 0. The van der Waals surface area contributed by atoms with Crippen molar-refractivity contribution in [2.24, 2.45) is 5.92 Å². The summed E-state index contributed by atoms with van der Waals surface area (Å²) in [6, 6.07) is 3.38. The Bertz CT molecular complexity index is 570. The smallest absolute Gasteiger partial charge is 0.178 e. The number of phenolic OH excluding ortho intramolecular Hbond substituents is 1. The molecule has 128 valence electrons. The number of aliphatic hydroxyl groups is 2. The second-order valence-electron chi connectivity index (χ2n) is 7.34. The highest BCUT2D eigenvalue weighted by Crippen LogP contribution is 2.47. The fraction of sp³-hybridized carbons (Fsp3) is 0.600. The molecule has 0 amide bonds.